The highest BCUT2D eigenvalue weighted by molar-refractivity contribution is 6.00. The first-order valence-corrected chi connectivity index (χ1v) is 6.40. The molecule has 19 heavy (non-hydrogen) atoms. The van der Waals surface area contributed by atoms with Crippen LogP contribution in [-0.4, -0.2) is 49.6 Å². The third-order valence-electron chi connectivity index (χ3n) is 3.86. The van der Waals surface area contributed by atoms with Gasteiger partial charge in [-0.3, -0.25) is 9.59 Å². The Hall–Kier alpha value is -1.88. The zero-order valence-electron chi connectivity index (χ0n) is 10.8. The number of nitrogens with zero attached hydrogens (tertiary/aromatic N) is 1. The molecule has 0 spiro atoms. The summed E-state index contributed by atoms with van der Waals surface area (Å²) in [7, 11) is 1.80. The summed E-state index contributed by atoms with van der Waals surface area (Å²) in [6.07, 6.45) is 0. The van der Waals surface area contributed by atoms with Crippen LogP contribution < -0.4 is 5.32 Å². The number of hydrogen-bond donors (Lipinski definition) is 1. The van der Waals surface area contributed by atoms with E-state index in [0.29, 0.717) is 25.3 Å². The van der Waals surface area contributed by atoms with E-state index in [2.05, 4.69) is 5.32 Å². The van der Waals surface area contributed by atoms with Crippen LogP contribution in [0, 0.1) is 0 Å². The first-order valence-electron chi connectivity index (χ1n) is 6.40. The SMILES string of the molecule is CN(C(=O)C1CNC(=O)c2ccccc21)C1COC1. The van der Waals surface area contributed by atoms with Crippen LogP contribution in [0.2, 0.25) is 0 Å². The Morgan fingerprint density at radius 2 is 2.11 bits per heavy atom. The summed E-state index contributed by atoms with van der Waals surface area (Å²) in [4.78, 5) is 26.0. The largest absolute Gasteiger partial charge is 0.377 e. The van der Waals surface area contributed by atoms with Gasteiger partial charge in [0.2, 0.25) is 5.91 Å². The standard InChI is InChI=1S/C14H16N2O3/c1-16(9-7-19-8-9)14(18)12-6-15-13(17)11-5-3-2-4-10(11)12/h2-5,9,12H,6-8H2,1H3,(H,15,17). The number of carbonyl (C=O) groups is 2. The monoisotopic (exact) mass is 260 g/mol. The van der Waals surface area contributed by atoms with Crippen LogP contribution in [0.1, 0.15) is 21.8 Å². The van der Waals surface area contributed by atoms with Crippen molar-refractivity contribution in [1.29, 1.82) is 0 Å². The van der Waals surface area contributed by atoms with E-state index < -0.39 is 0 Å². The summed E-state index contributed by atoms with van der Waals surface area (Å²) < 4.78 is 5.12. The Labute approximate surface area is 111 Å². The fourth-order valence-electron chi connectivity index (χ4n) is 2.50. The molecule has 1 aromatic carbocycles. The molecule has 2 aliphatic heterocycles. The number of ether oxygens (including phenoxy) is 1. The second kappa shape index (κ2) is 4.66. The number of carbonyl (C=O) groups excluding carboxylic acids is 2. The highest BCUT2D eigenvalue weighted by atomic mass is 16.5. The maximum Gasteiger partial charge on any atom is 0.251 e. The Morgan fingerprint density at radius 1 is 1.37 bits per heavy atom. The van der Waals surface area contributed by atoms with Crippen molar-refractivity contribution in [3.05, 3.63) is 35.4 Å². The van der Waals surface area contributed by atoms with Crippen molar-refractivity contribution in [1.82, 2.24) is 10.2 Å². The summed E-state index contributed by atoms with van der Waals surface area (Å²) in [5.74, 6) is -0.352. The molecule has 0 aliphatic carbocycles. The third-order valence-corrected chi connectivity index (χ3v) is 3.86. The summed E-state index contributed by atoms with van der Waals surface area (Å²) in [6, 6.07) is 7.47. The lowest BCUT2D eigenvalue weighted by Gasteiger charge is -2.37. The van der Waals surface area contributed by atoms with Gasteiger partial charge in [-0.25, -0.2) is 0 Å². The zero-order chi connectivity index (χ0) is 13.4. The van der Waals surface area contributed by atoms with Crippen LogP contribution in [0.4, 0.5) is 0 Å². The van der Waals surface area contributed by atoms with Gasteiger partial charge in [-0.1, -0.05) is 18.2 Å². The van der Waals surface area contributed by atoms with Crippen LogP contribution in [0.3, 0.4) is 0 Å². The maximum atomic E-state index is 12.5. The van der Waals surface area contributed by atoms with Gasteiger partial charge < -0.3 is 15.0 Å². The molecule has 1 aromatic rings. The minimum Gasteiger partial charge on any atom is -0.377 e. The molecule has 100 valence electrons. The van der Waals surface area contributed by atoms with E-state index in [0.717, 1.165) is 5.56 Å². The molecule has 0 bridgehead atoms. The van der Waals surface area contributed by atoms with Crippen LogP contribution in [0.5, 0.6) is 0 Å². The van der Waals surface area contributed by atoms with E-state index in [9.17, 15) is 9.59 Å². The Bertz CT molecular complexity index is 525. The molecular formula is C14H16N2O3. The molecule has 5 nitrogen and oxygen atoms in total. The molecule has 0 aromatic heterocycles. The van der Waals surface area contributed by atoms with Crippen molar-refractivity contribution in [3.63, 3.8) is 0 Å². The van der Waals surface area contributed by atoms with Gasteiger partial charge >= 0.3 is 0 Å². The second-order valence-electron chi connectivity index (χ2n) is 4.99. The average Bonchev–Trinajstić information content (AvgIpc) is 2.37. The second-order valence-corrected chi connectivity index (χ2v) is 4.99. The topological polar surface area (TPSA) is 58.6 Å². The van der Waals surface area contributed by atoms with E-state index in [1.54, 1.807) is 18.0 Å². The van der Waals surface area contributed by atoms with E-state index in [1.165, 1.54) is 0 Å². The van der Waals surface area contributed by atoms with Gasteiger partial charge in [0, 0.05) is 19.2 Å². The van der Waals surface area contributed by atoms with Gasteiger partial charge in [0.05, 0.1) is 25.2 Å². The van der Waals surface area contributed by atoms with Gasteiger partial charge in [0.25, 0.3) is 5.91 Å². The molecule has 3 rings (SSSR count). The number of benzene rings is 1. The fourth-order valence-corrected chi connectivity index (χ4v) is 2.50. The lowest BCUT2D eigenvalue weighted by Crippen LogP contribution is -2.53. The molecule has 1 atom stereocenters. The Kier molecular flexibility index (Phi) is 2.98. The predicted octanol–water partition coefficient (Wildman–Crippen LogP) is 0.371. The predicted molar refractivity (Wildman–Crippen MR) is 68.9 cm³/mol. The number of likely N-dealkylation sites (N-methyl/N-ethyl adjacent to an activating group) is 1. The van der Waals surface area contributed by atoms with Crippen molar-refractivity contribution in [2.45, 2.75) is 12.0 Å². The summed E-state index contributed by atoms with van der Waals surface area (Å²) in [5.41, 5.74) is 1.42. The smallest absolute Gasteiger partial charge is 0.251 e. The quantitative estimate of drug-likeness (QED) is 0.836. The number of amides is 2. The molecule has 0 radical (unpaired) electrons. The van der Waals surface area contributed by atoms with Crippen LogP contribution in [0.15, 0.2) is 24.3 Å². The molecule has 1 saturated heterocycles. The minimum atomic E-state index is -0.292. The molecule has 2 amide bonds. The minimum absolute atomic E-state index is 0.0424. The summed E-state index contributed by atoms with van der Waals surface area (Å²) >= 11 is 0. The normalized spacial score (nSPS) is 22.2. The van der Waals surface area contributed by atoms with Gasteiger partial charge in [-0.15, -0.1) is 0 Å². The van der Waals surface area contributed by atoms with E-state index in [1.807, 2.05) is 18.2 Å². The number of hydrogen-bond acceptors (Lipinski definition) is 3. The maximum absolute atomic E-state index is 12.5. The first-order chi connectivity index (χ1) is 9.18. The van der Waals surface area contributed by atoms with Crippen LogP contribution >= 0.6 is 0 Å². The molecule has 5 heteroatoms. The summed E-state index contributed by atoms with van der Waals surface area (Å²) in [5, 5.41) is 2.78. The van der Waals surface area contributed by atoms with Crippen molar-refractivity contribution in [3.8, 4) is 0 Å². The van der Waals surface area contributed by atoms with Gasteiger partial charge in [-0.05, 0) is 11.6 Å². The third kappa shape index (κ3) is 2.00. The van der Waals surface area contributed by atoms with Crippen molar-refractivity contribution in [2.75, 3.05) is 26.8 Å². The van der Waals surface area contributed by atoms with E-state index >= 15 is 0 Å². The van der Waals surface area contributed by atoms with E-state index in [-0.39, 0.29) is 23.8 Å². The fraction of sp³-hybridized carbons (Fsp3) is 0.429. The Balaban J connectivity index is 1.87. The first kappa shape index (κ1) is 12.2. The molecule has 1 unspecified atom stereocenters. The molecule has 2 aliphatic rings. The average molecular weight is 260 g/mol. The molecule has 1 fully saturated rings. The highest BCUT2D eigenvalue weighted by Gasteiger charge is 2.35. The van der Waals surface area contributed by atoms with Crippen LogP contribution in [-0.2, 0) is 9.53 Å². The lowest BCUT2D eigenvalue weighted by atomic mass is 9.89. The van der Waals surface area contributed by atoms with Gasteiger partial charge in [0.15, 0.2) is 0 Å². The molecule has 0 saturated carbocycles. The van der Waals surface area contributed by atoms with Crippen molar-refractivity contribution in [2.24, 2.45) is 0 Å². The molecular weight excluding hydrogens is 244 g/mol. The van der Waals surface area contributed by atoms with Crippen molar-refractivity contribution >= 4 is 11.8 Å². The van der Waals surface area contributed by atoms with Gasteiger partial charge in [0.1, 0.15) is 0 Å². The zero-order valence-corrected chi connectivity index (χ0v) is 10.8. The number of nitrogens with one attached hydrogen (secondary N) is 1. The van der Waals surface area contributed by atoms with E-state index in [4.69, 9.17) is 4.74 Å². The molecule has 1 N–H and O–H groups in total. The van der Waals surface area contributed by atoms with Crippen molar-refractivity contribution < 1.29 is 14.3 Å². The van der Waals surface area contributed by atoms with Gasteiger partial charge in [-0.2, -0.15) is 0 Å². The molecule has 2 heterocycles. The number of rotatable bonds is 2. The summed E-state index contributed by atoms with van der Waals surface area (Å²) in [6.45, 7) is 1.57. The van der Waals surface area contributed by atoms with Crippen LogP contribution in [0.25, 0.3) is 0 Å². The lowest BCUT2D eigenvalue weighted by molar-refractivity contribution is -0.143. The number of fused-ring (bicyclic) bond motifs is 1. The highest BCUT2D eigenvalue weighted by Crippen LogP contribution is 2.26. The Morgan fingerprint density at radius 3 is 2.79 bits per heavy atom.